The smallest absolute Gasteiger partial charge is 0.267 e. The summed E-state index contributed by atoms with van der Waals surface area (Å²) in [5.74, 6) is -0.132. The van der Waals surface area contributed by atoms with Gasteiger partial charge in [0.05, 0.1) is 16.3 Å². The lowest BCUT2D eigenvalue weighted by molar-refractivity contribution is 0.103. The second kappa shape index (κ2) is 6.66. The third kappa shape index (κ3) is 3.04. The molecule has 0 fully saturated rings. The number of carbonyl (C=O) groups excluding carboxylic acids is 1. The first-order chi connectivity index (χ1) is 12.5. The highest BCUT2D eigenvalue weighted by atomic mass is 32.1. The van der Waals surface area contributed by atoms with Crippen LogP contribution < -0.4 is 5.32 Å². The Morgan fingerprint density at radius 1 is 1.27 bits per heavy atom. The number of nitrogens with one attached hydrogen (secondary N) is 1. The van der Waals surface area contributed by atoms with E-state index in [1.165, 1.54) is 28.2 Å². The maximum absolute atomic E-state index is 12.6. The van der Waals surface area contributed by atoms with Crippen molar-refractivity contribution in [3.05, 3.63) is 51.8 Å². The van der Waals surface area contributed by atoms with E-state index in [4.69, 9.17) is 0 Å². The van der Waals surface area contributed by atoms with Gasteiger partial charge in [-0.05, 0) is 25.0 Å². The van der Waals surface area contributed by atoms with E-state index in [1.54, 1.807) is 0 Å². The number of amides is 1. The molecule has 0 aliphatic heterocycles. The normalized spacial score (nSPS) is 11.2. The fourth-order valence-electron chi connectivity index (χ4n) is 2.85. The van der Waals surface area contributed by atoms with Gasteiger partial charge in [0.25, 0.3) is 5.91 Å². The van der Waals surface area contributed by atoms with Crippen molar-refractivity contribution in [2.75, 3.05) is 5.32 Å². The van der Waals surface area contributed by atoms with Crippen molar-refractivity contribution in [1.82, 2.24) is 14.8 Å². The van der Waals surface area contributed by atoms with Crippen LogP contribution in [0.5, 0.6) is 0 Å². The molecule has 26 heavy (non-hydrogen) atoms. The molecule has 0 saturated carbocycles. The molecule has 0 atom stereocenters. The Hall–Kier alpha value is -2.51. The first-order valence-corrected chi connectivity index (χ1v) is 10.0. The number of benzene rings is 1. The SMILES string of the molecule is CCc1ccc(-c2csc(NC(=O)c3cc4c(C)nn(C)c4s3)n2)cc1. The Morgan fingerprint density at radius 2 is 2.04 bits per heavy atom. The maximum Gasteiger partial charge on any atom is 0.267 e. The molecule has 1 aromatic carbocycles. The molecule has 132 valence electrons. The lowest BCUT2D eigenvalue weighted by Crippen LogP contribution is -2.09. The number of aromatic nitrogens is 3. The van der Waals surface area contributed by atoms with Gasteiger partial charge in [-0.15, -0.1) is 22.7 Å². The summed E-state index contributed by atoms with van der Waals surface area (Å²) in [6.07, 6.45) is 1.02. The van der Waals surface area contributed by atoms with Gasteiger partial charge < -0.3 is 0 Å². The maximum atomic E-state index is 12.6. The van der Waals surface area contributed by atoms with Gasteiger partial charge >= 0.3 is 0 Å². The highest BCUT2D eigenvalue weighted by molar-refractivity contribution is 7.20. The molecule has 3 aromatic heterocycles. The minimum absolute atomic E-state index is 0.132. The van der Waals surface area contributed by atoms with E-state index in [0.717, 1.165) is 33.6 Å². The molecule has 3 heterocycles. The van der Waals surface area contributed by atoms with Crippen molar-refractivity contribution in [2.24, 2.45) is 7.05 Å². The summed E-state index contributed by atoms with van der Waals surface area (Å²) in [4.78, 5) is 18.8. The molecule has 0 bridgehead atoms. The van der Waals surface area contributed by atoms with E-state index in [-0.39, 0.29) is 5.91 Å². The van der Waals surface area contributed by atoms with Gasteiger partial charge in [-0.2, -0.15) is 5.10 Å². The monoisotopic (exact) mass is 382 g/mol. The summed E-state index contributed by atoms with van der Waals surface area (Å²) in [5, 5.41) is 10.9. The number of nitrogens with zero attached hydrogens (tertiary/aromatic N) is 3. The minimum atomic E-state index is -0.132. The largest absolute Gasteiger partial charge is 0.297 e. The van der Waals surface area contributed by atoms with Gasteiger partial charge in [0.15, 0.2) is 5.13 Å². The molecule has 7 heteroatoms. The molecular weight excluding hydrogens is 364 g/mol. The van der Waals surface area contributed by atoms with E-state index in [2.05, 4.69) is 46.6 Å². The number of thiazole rings is 1. The summed E-state index contributed by atoms with van der Waals surface area (Å²) in [6, 6.07) is 10.3. The van der Waals surface area contributed by atoms with E-state index in [0.29, 0.717) is 10.0 Å². The molecule has 0 saturated heterocycles. The summed E-state index contributed by atoms with van der Waals surface area (Å²) in [6.45, 7) is 4.09. The zero-order chi connectivity index (χ0) is 18.3. The summed E-state index contributed by atoms with van der Waals surface area (Å²) in [5.41, 5.74) is 4.17. The molecule has 5 nitrogen and oxygen atoms in total. The van der Waals surface area contributed by atoms with Crippen molar-refractivity contribution in [2.45, 2.75) is 20.3 Å². The minimum Gasteiger partial charge on any atom is -0.297 e. The van der Waals surface area contributed by atoms with E-state index >= 15 is 0 Å². The van der Waals surface area contributed by atoms with Gasteiger partial charge in [-0.25, -0.2) is 4.98 Å². The molecule has 4 rings (SSSR count). The molecule has 0 aliphatic carbocycles. The van der Waals surface area contributed by atoms with Crippen LogP contribution in [0.4, 0.5) is 5.13 Å². The number of anilines is 1. The van der Waals surface area contributed by atoms with Gasteiger partial charge in [-0.1, -0.05) is 31.2 Å². The number of hydrogen-bond acceptors (Lipinski definition) is 5. The van der Waals surface area contributed by atoms with Crippen molar-refractivity contribution in [3.63, 3.8) is 0 Å². The van der Waals surface area contributed by atoms with Crippen LogP contribution in [0.15, 0.2) is 35.7 Å². The molecule has 0 radical (unpaired) electrons. The lowest BCUT2D eigenvalue weighted by Gasteiger charge is -2.00. The second-order valence-electron chi connectivity index (χ2n) is 6.08. The number of aryl methyl sites for hydroxylation is 3. The summed E-state index contributed by atoms with van der Waals surface area (Å²) in [7, 11) is 1.89. The van der Waals surface area contributed by atoms with E-state index < -0.39 is 0 Å². The van der Waals surface area contributed by atoms with Crippen molar-refractivity contribution in [1.29, 1.82) is 0 Å². The Labute approximate surface area is 159 Å². The van der Waals surface area contributed by atoms with Crippen LogP contribution in [0.1, 0.15) is 27.9 Å². The molecule has 1 amide bonds. The zero-order valence-electron chi connectivity index (χ0n) is 14.7. The van der Waals surface area contributed by atoms with Crippen molar-refractivity contribution >= 4 is 43.9 Å². The average Bonchev–Trinajstić information content (AvgIpc) is 3.34. The first kappa shape index (κ1) is 16.9. The Balaban J connectivity index is 1.53. The van der Waals surface area contributed by atoms with Gasteiger partial charge in [0.2, 0.25) is 0 Å². The predicted octanol–water partition coefficient (Wildman–Crippen LogP) is 4.88. The van der Waals surface area contributed by atoms with Gasteiger partial charge in [0.1, 0.15) is 4.83 Å². The molecule has 0 aliphatic rings. The Morgan fingerprint density at radius 3 is 2.73 bits per heavy atom. The fourth-order valence-corrected chi connectivity index (χ4v) is 4.58. The average molecular weight is 383 g/mol. The van der Waals surface area contributed by atoms with E-state index in [1.807, 2.05) is 30.1 Å². The van der Waals surface area contributed by atoms with Gasteiger partial charge in [0, 0.05) is 23.4 Å². The Bertz CT molecular complexity index is 1050. The molecular formula is C19H18N4OS2. The van der Waals surface area contributed by atoms with Crippen LogP contribution in [-0.4, -0.2) is 20.7 Å². The topological polar surface area (TPSA) is 59.8 Å². The predicted molar refractivity (Wildman–Crippen MR) is 108 cm³/mol. The number of rotatable bonds is 4. The number of carbonyl (C=O) groups is 1. The van der Waals surface area contributed by atoms with Crippen LogP contribution in [0.3, 0.4) is 0 Å². The first-order valence-electron chi connectivity index (χ1n) is 8.34. The molecule has 1 N–H and O–H groups in total. The third-order valence-electron chi connectivity index (χ3n) is 4.30. The summed E-state index contributed by atoms with van der Waals surface area (Å²) < 4.78 is 1.81. The van der Waals surface area contributed by atoms with Crippen LogP contribution >= 0.6 is 22.7 Å². The highest BCUT2D eigenvalue weighted by Crippen LogP contribution is 2.29. The third-order valence-corrected chi connectivity index (χ3v) is 6.26. The van der Waals surface area contributed by atoms with Crippen LogP contribution in [0.25, 0.3) is 21.5 Å². The lowest BCUT2D eigenvalue weighted by atomic mass is 10.1. The quantitative estimate of drug-likeness (QED) is 0.547. The molecule has 0 spiro atoms. The van der Waals surface area contributed by atoms with Crippen LogP contribution in [0, 0.1) is 6.92 Å². The summed E-state index contributed by atoms with van der Waals surface area (Å²) >= 11 is 2.88. The van der Waals surface area contributed by atoms with Crippen molar-refractivity contribution < 1.29 is 4.79 Å². The number of thiophene rings is 1. The highest BCUT2D eigenvalue weighted by Gasteiger charge is 2.16. The van der Waals surface area contributed by atoms with Gasteiger partial charge in [-0.3, -0.25) is 14.8 Å². The Kier molecular flexibility index (Phi) is 4.34. The number of hydrogen-bond donors (Lipinski definition) is 1. The number of fused-ring (bicyclic) bond motifs is 1. The van der Waals surface area contributed by atoms with Crippen LogP contribution in [0.2, 0.25) is 0 Å². The van der Waals surface area contributed by atoms with Crippen LogP contribution in [-0.2, 0) is 13.5 Å². The zero-order valence-corrected chi connectivity index (χ0v) is 16.4. The molecule has 0 unspecified atom stereocenters. The van der Waals surface area contributed by atoms with E-state index in [9.17, 15) is 4.79 Å². The molecule has 4 aromatic rings. The second-order valence-corrected chi connectivity index (χ2v) is 7.97. The fraction of sp³-hybridized carbons (Fsp3) is 0.211. The standard InChI is InChI=1S/C19H18N4OS2/c1-4-12-5-7-13(8-6-12)15-10-25-19(20-15)21-17(24)16-9-14-11(2)22-23(3)18(14)26-16/h5-10H,4H2,1-3H3,(H,20,21,24). The van der Waals surface area contributed by atoms with Crippen molar-refractivity contribution in [3.8, 4) is 11.3 Å².